The van der Waals surface area contributed by atoms with Gasteiger partial charge in [0.25, 0.3) is 0 Å². The van der Waals surface area contributed by atoms with Crippen LogP contribution in [0.5, 0.6) is 0 Å². The summed E-state index contributed by atoms with van der Waals surface area (Å²) in [6.07, 6.45) is 1.11. The molecule has 2 heterocycles. The van der Waals surface area contributed by atoms with Crippen LogP contribution in [0.25, 0.3) is 0 Å². The second-order valence-electron chi connectivity index (χ2n) is 4.10. The molecule has 0 radical (unpaired) electrons. The molecule has 18 heavy (non-hydrogen) atoms. The molecule has 0 saturated carbocycles. The summed E-state index contributed by atoms with van der Waals surface area (Å²) in [6, 6.07) is 4.14. The molecule has 1 unspecified atom stereocenters. The van der Waals surface area contributed by atoms with Crippen LogP contribution in [-0.2, 0) is 4.74 Å². The fourth-order valence-electron chi connectivity index (χ4n) is 2.00. The summed E-state index contributed by atoms with van der Waals surface area (Å²) >= 11 is 1.29. The third kappa shape index (κ3) is 2.13. The summed E-state index contributed by atoms with van der Waals surface area (Å²) in [5.41, 5.74) is 6.54. The van der Waals surface area contributed by atoms with Crippen LogP contribution in [0.1, 0.15) is 23.8 Å². The van der Waals surface area contributed by atoms with Gasteiger partial charge in [0.2, 0.25) is 0 Å². The van der Waals surface area contributed by atoms with Crippen molar-refractivity contribution in [2.75, 3.05) is 30.3 Å². The molecule has 1 aliphatic rings. The fourth-order valence-corrected chi connectivity index (χ4v) is 3.00. The molecule has 5 nitrogen and oxygen atoms in total. The monoisotopic (exact) mass is 262 g/mol. The number of rotatable bonds is 2. The molecule has 1 atom stereocenters. The van der Waals surface area contributed by atoms with Crippen molar-refractivity contribution in [1.29, 1.82) is 10.5 Å². The number of nitrogens with two attached hydrogens (primary N) is 1. The minimum atomic E-state index is 0.180. The van der Waals surface area contributed by atoms with Gasteiger partial charge in [-0.1, -0.05) is 6.92 Å². The normalized spacial score (nSPS) is 19.3. The average Bonchev–Trinajstić information content (AvgIpc) is 2.75. The summed E-state index contributed by atoms with van der Waals surface area (Å²) in [4.78, 5) is 2.51. The Labute approximate surface area is 110 Å². The predicted molar refractivity (Wildman–Crippen MR) is 70.4 cm³/mol. The lowest BCUT2D eigenvalue weighted by molar-refractivity contribution is 0.0386. The average molecular weight is 262 g/mol. The topological polar surface area (TPSA) is 86.1 Å². The zero-order valence-electron chi connectivity index (χ0n) is 10.1. The predicted octanol–water partition coefficient (Wildman–Crippen LogP) is 1.69. The van der Waals surface area contributed by atoms with Gasteiger partial charge in [-0.15, -0.1) is 11.3 Å². The summed E-state index contributed by atoms with van der Waals surface area (Å²) in [6.45, 7) is 4.19. The van der Waals surface area contributed by atoms with E-state index in [-0.39, 0.29) is 6.10 Å². The van der Waals surface area contributed by atoms with E-state index in [1.807, 2.05) is 6.07 Å². The molecule has 2 rings (SSSR count). The van der Waals surface area contributed by atoms with Crippen molar-refractivity contribution in [3.8, 4) is 12.1 Å². The van der Waals surface area contributed by atoms with Crippen LogP contribution in [0.15, 0.2) is 0 Å². The highest BCUT2D eigenvalue weighted by Crippen LogP contribution is 2.38. The Bertz CT molecular complexity index is 525. The first-order chi connectivity index (χ1) is 8.71. The maximum Gasteiger partial charge on any atom is 0.131 e. The number of nitriles is 2. The van der Waals surface area contributed by atoms with E-state index < -0.39 is 0 Å². The molecule has 0 aromatic carbocycles. The SMILES string of the molecule is CCC1CN(c2sc(C#N)c(N)c2C#N)CCO1. The summed E-state index contributed by atoms with van der Waals surface area (Å²) in [5, 5.41) is 18.9. The van der Waals surface area contributed by atoms with Gasteiger partial charge in [0.05, 0.1) is 18.4 Å². The number of morpholine rings is 1. The van der Waals surface area contributed by atoms with Crippen LogP contribution in [0, 0.1) is 22.7 Å². The molecule has 0 aliphatic carbocycles. The largest absolute Gasteiger partial charge is 0.396 e. The number of thiophene rings is 1. The number of nitrogens with zero attached hydrogens (tertiary/aromatic N) is 3. The van der Waals surface area contributed by atoms with Gasteiger partial charge in [-0.25, -0.2) is 0 Å². The molecule has 2 N–H and O–H groups in total. The molecular formula is C12H14N4OS. The van der Waals surface area contributed by atoms with Crippen molar-refractivity contribution < 1.29 is 4.74 Å². The van der Waals surface area contributed by atoms with E-state index in [1.54, 1.807) is 0 Å². The molecule has 6 heteroatoms. The van der Waals surface area contributed by atoms with Crippen LogP contribution in [-0.4, -0.2) is 25.8 Å². The molecule has 1 saturated heterocycles. The van der Waals surface area contributed by atoms with Crippen molar-refractivity contribution >= 4 is 22.0 Å². The van der Waals surface area contributed by atoms with Gasteiger partial charge in [0.15, 0.2) is 0 Å². The Morgan fingerprint density at radius 2 is 2.28 bits per heavy atom. The third-order valence-electron chi connectivity index (χ3n) is 3.02. The molecule has 94 valence electrons. The minimum absolute atomic E-state index is 0.180. The van der Waals surface area contributed by atoms with Gasteiger partial charge in [-0.05, 0) is 6.42 Å². The van der Waals surface area contributed by atoms with Gasteiger partial charge >= 0.3 is 0 Å². The first-order valence-corrected chi connectivity index (χ1v) is 6.61. The minimum Gasteiger partial charge on any atom is -0.396 e. The summed E-state index contributed by atoms with van der Waals surface area (Å²) in [7, 11) is 0. The van der Waals surface area contributed by atoms with Crippen molar-refractivity contribution in [2.24, 2.45) is 0 Å². The fraction of sp³-hybridized carbons (Fsp3) is 0.500. The summed E-state index contributed by atoms with van der Waals surface area (Å²) < 4.78 is 5.60. The molecule has 0 amide bonds. The van der Waals surface area contributed by atoms with Crippen LogP contribution in [0.3, 0.4) is 0 Å². The Balaban J connectivity index is 2.34. The molecular weight excluding hydrogens is 248 g/mol. The van der Waals surface area contributed by atoms with Crippen LogP contribution < -0.4 is 10.6 Å². The Hall–Kier alpha value is -1.76. The van der Waals surface area contributed by atoms with E-state index in [2.05, 4.69) is 17.9 Å². The van der Waals surface area contributed by atoms with Gasteiger partial charge in [0, 0.05) is 13.1 Å². The highest BCUT2D eigenvalue weighted by Gasteiger charge is 2.25. The van der Waals surface area contributed by atoms with E-state index in [9.17, 15) is 5.26 Å². The lowest BCUT2D eigenvalue weighted by Crippen LogP contribution is -2.42. The molecule has 1 aromatic heterocycles. The lowest BCUT2D eigenvalue weighted by Gasteiger charge is -2.33. The van der Waals surface area contributed by atoms with E-state index in [4.69, 9.17) is 15.7 Å². The van der Waals surface area contributed by atoms with Gasteiger partial charge in [0.1, 0.15) is 27.6 Å². The summed E-state index contributed by atoms with van der Waals surface area (Å²) in [5.74, 6) is 0. The number of nitrogen functional groups attached to an aromatic ring is 1. The third-order valence-corrected chi connectivity index (χ3v) is 4.19. The second kappa shape index (κ2) is 5.26. The molecule has 0 bridgehead atoms. The standard InChI is InChI=1S/C12H14N4OS/c1-2-8-7-16(3-4-17-8)12-9(5-13)11(15)10(6-14)18-12/h8H,2-4,7,15H2,1H3. The number of anilines is 2. The first-order valence-electron chi connectivity index (χ1n) is 5.80. The highest BCUT2D eigenvalue weighted by atomic mass is 32.1. The molecule has 1 fully saturated rings. The van der Waals surface area contributed by atoms with Crippen LogP contribution in [0.2, 0.25) is 0 Å². The smallest absolute Gasteiger partial charge is 0.131 e. The quantitative estimate of drug-likeness (QED) is 0.876. The zero-order chi connectivity index (χ0) is 13.1. The van der Waals surface area contributed by atoms with E-state index in [0.717, 1.165) is 24.5 Å². The molecule has 1 aliphatic heterocycles. The zero-order valence-corrected chi connectivity index (χ0v) is 11.0. The maximum atomic E-state index is 9.17. The molecule has 1 aromatic rings. The Kier molecular flexibility index (Phi) is 3.71. The van der Waals surface area contributed by atoms with E-state index in [1.165, 1.54) is 11.3 Å². The second-order valence-corrected chi connectivity index (χ2v) is 5.09. The van der Waals surface area contributed by atoms with Gasteiger partial charge in [-0.2, -0.15) is 10.5 Å². The van der Waals surface area contributed by atoms with Crippen molar-refractivity contribution in [3.05, 3.63) is 10.4 Å². The van der Waals surface area contributed by atoms with Crippen molar-refractivity contribution in [2.45, 2.75) is 19.4 Å². The van der Waals surface area contributed by atoms with E-state index >= 15 is 0 Å². The van der Waals surface area contributed by atoms with E-state index in [0.29, 0.717) is 22.7 Å². The number of hydrogen-bond donors (Lipinski definition) is 1. The molecule has 0 spiro atoms. The van der Waals surface area contributed by atoms with Crippen molar-refractivity contribution in [3.63, 3.8) is 0 Å². The Morgan fingerprint density at radius 1 is 1.50 bits per heavy atom. The van der Waals surface area contributed by atoms with Crippen molar-refractivity contribution in [1.82, 2.24) is 0 Å². The van der Waals surface area contributed by atoms with Crippen LogP contribution >= 0.6 is 11.3 Å². The number of ether oxygens (including phenoxy) is 1. The first kappa shape index (κ1) is 12.7. The number of hydrogen-bond acceptors (Lipinski definition) is 6. The highest BCUT2D eigenvalue weighted by molar-refractivity contribution is 7.17. The Morgan fingerprint density at radius 3 is 2.89 bits per heavy atom. The maximum absolute atomic E-state index is 9.17. The van der Waals surface area contributed by atoms with Gasteiger partial charge in [-0.3, -0.25) is 0 Å². The lowest BCUT2D eigenvalue weighted by atomic mass is 10.2. The van der Waals surface area contributed by atoms with Gasteiger partial charge < -0.3 is 15.4 Å². The van der Waals surface area contributed by atoms with Crippen LogP contribution in [0.4, 0.5) is 10.7 Å².